The van der Waals surface area contributed by atoms with Crippen LogP contribution in [0.4, 0.5) is 5.69 Å². The summed E-state index contributed by atoms with van der Waals surface area (Å²) in [6.45, 7) is 2.15. The number of para-hydroxylation sites is 1. The highest BCUT2D eigenvalue weighted by molar-refractivity contribution is 8.00. The van der Waals surface area contributed by atoms with Crippen molar-refractivity contribution >= 4 is 34.9 Å². The van der Waals surface area contributed by atoms with Crippen LogP contribution in [0.25, 0.3) is 0 Å². The normalized spacial score (nSPS) is 21.0. The van der Waals surface area contributed by atoms with E-state index >= 15 is 0 Å². The van der Waals surface area contributed by atoms with Crippen LogP contribution in [0, 0.1) is 12.8 Å². The molecule has 26 heavy (non-hydrogen) atoms. The van der Waals surface area contributed by atoms with E-state index in [0.717, 1.165) is 11.4 Å². The summed E-state index contributed by atoms with van der Waals surface area (Å²) in [5, 5.41) is 0.388. The van der Waals surface area contributed by atoms with Gasteiger partial charge in [-0.2, -0.15) is 0 Å². The Morgan fingerprint density at radius 2 is 1.58 bits per heavy atom. The van der Waals surface area contributed by atoms with Crippen molar-refractivity contribution in [1.82, 2.24) is 0 Å². The topological polar surface area (TPSA) is 12.4 Å². The molecule has 0 saturated heterocycles. The van der Waals surface area contributed by atoms with Gasteiger partial charge in [-0.05, 0) is 30.7 Å². The summed E-state index contributed by atoms with van der Waals surface area (Å²) in [5.41, 5.74) is 6.37. The molecule has 0 spiro atoms. The monoisotopic (exact) mass is 373 g/mol. The Kier molecular flexibility index (Phi) is 4.14. The lowest BCUT2D eigenvalue weighted by atomic mass is 9.90. The minimum Gasteiger partial charge on any atom is -0.251 e. The van der Waals surface area contributed by atoms with Crippen molar-refractivity contribution in [2.75, 3.05) is 5.75 Å². The Labute approximate surface area is 163 Å². The number of aryl methyl sites for hydroxylation is 1. The van der Waals surface area contributed by atoms with Crippen molar-refractivity contribution < 1.29 is 0 Å². The third-order valence-corrected chi connectivity index (χ3v) is 7.71. The minimum absolute atomic E-state index is 0.388. The number of nitrogens with zero attached hydrogens (tertiary/aromatic N) is 1. The fourth-order valence-corrected chi connectivity index (χ4v) is 6.37. The van der Waals surface area contributed by atoms with Crippen LogP contribution in [0.2, 0.25) is 0 Å². The first kappa shape index (κ1) is 16.2. The number of thioether (sulfide) groups is 2. The van der Waals surface area contributed by atoms with Gasteiger partial charge in [-0.3, -0.25) is 4.99 Å². The fourth-order valence-electron chi connectivity index (χ4n) is 3.69. The summed E-state index contributed by atoms with van der Waals surface area (Å²) in [6.07, 6.45) is 0. The van der Waals surface area contributed by atoms with Gasteiger partial charge in [-0.1, -0.05) is 60.2 Å². The van der Waals surface area contributed by atoms with Crippen LogP contribution in [0.1, 0.15) is 21.9 Å². The van der Waals surface area contributed by atoms with Crippen LogP contribution in [-0.4, -0.2) is 11.5 Å². The molecule has 128 valence electrons. The molecule has 0 N–H and O–H groups in total. The zero-order valence-electron chi connectivity index (χ0n) is 14.6. The molecule has 3 heteroatoms. The number of rotatable bonds is 1. The molecular formula is C23H19NS2. The Morgan fingerprint density at radius 1 is 0.846 bits per heavy atom. The molecule has 0 unspecified atom stereocenters. The van der Waals surface area contributed by atoms with Crippen molar-refractivity contribution in [3.8, 4) is 0 Å². The van der Waals surface area contributed by atoms with E-state index in [9.17, 15) is 0 Å². The first-order valence-electron chi connectivity index (χ1n) is 8.92. The molecule has 2 atom stereocenters. The Hall–Kier alpha value is -1.97. The van der Waals surface area contributed by atoms with E-state index in [2.05, 4.69) is 79.7 Å². The third kappa shape index (κ3) is 2.80. The van der Waals surface area contributed by atoms with Gasteiger partial charge in [-0.25, -0.2) is 0 Å². The molecule has 0 saturated carbocycles. The summed E-state index contributed by atoms with van der Waals surface area (Å²) in [6, 6.07) is 26.3. The number of hydrogen-bond acceptors (Lipinski definition) is 3. The molecule has 1 nitrogen and oxygen atoms in total. The maximum atomic E-state index is 5.18. The SMILES string of the molecule is Cc1ccc([C@H]2Sc3ccccc3N=C3c4ccccc4SC[C@@H]32)cc1. The van der Waals surface area contributed by atoms with Crippen LogP contribution in [-0.2, 0) is 0 Å². The van der Waals surface area contributed by atoms with Gasteiger partial charge in [0.2, 0.25) is 0 Å². The maximum absolute atomic E-state index is 5.18. The van der Waals surface area contributed by atoms with Gasteiger partial charge in [0, 0.05) is 32.3 Å². The van der Waals surface area contributed by atoms with Crippen molar-refractivity contribution in [1.29, 1.82) is 0 Å². The van der Waals surface area contributed by atoms with Crippen molar-refractivity contribution in [2.45, 2.75) is 22.0 Å². The highest BCUT2D eigenvalue weighted by atomic mass is 32.2. The van der Waals surface area contributed by atoms with E-state index in [-0.39, 0.29) is 0 Å². The van der Waals surface area contributed by atoms with Crippen LogP contribution in [0.5, 0.6) is 0 Å². The first-order valence-corrected chi connectivity index (χ1v) is 10.8. The molecule has 0 aliphatic carbocycles. The smallest absolute Gasteiger partial charge is 0.0769 e. The van der Waals surface area contributed by atoms with Crippen LogP contribution >= 0.6 is 23.5 Å². The van der Waals surface area contributed by atoms with Gasteiger partial charge in [0.05, 0.1) is 11.4 Å². The van der Waals surface area contributed by atoms with Crippen LogP contribution in [0.15, 0.2) is 87.6 Å². The van der Waals surface area contributed by atoms with E-state index in [1.807, 2.05) is 23.5 Å². The van der Waals surface area contributed by atoms with E-state index in [1.165, 1.54) is 32.2 Å². The first-order chi connectivity index (χ1) is 12.8. The summed E-state index contributed by atoms with van der Waals surface area (Å²) in [4.78, 5) is 7.81. The highest BCUT2D eigenvalue weighted by Gasteiger charge is 2.36. The predicted molar refractivity (Wildman–Crippen MR) is 113 cm³/mol. The predicted octanol–water partition coefficient (Wildman–Crippen LogP) is 6.68. The quantitative estimate of drug-likeness (QED) is 0.471. The molecule has 5 rings (SSSR count). The molecule has 2 aliphatic heterocycles. The second-order valence-electron chi connectivity index (χ2n) is 6.83. The minimum atomic E-state index is 0.388. The Balaban J connectivity index is 1.70. The second kappa shape index (κ2) is 6.64. The van der Waals surface area contributed by atoms with Crippen LogP contribution in [0.3, 0.4) is 0 Å². The lowest BCUT2D eigenvalue weighted by Gasteiger charge is -2.31. The molecule has 0 radical (unpaired) electrons. The number of benzene rings is 3. The van der Waals surface area contributed by atoms with Crippen LogP contribution < -0.4 is 0 Å². The number of fused-ring (bicyclic) bond motifs is 4. The third-order valence-electron chi connectivity index (χ3n) is 5.06. The van der Waals surface area contributed by atoms with Gasteiger partial charge in [0.1, 0.15) is 0 Å². The van der Waals surface area contributed by atoms with Gasteiger partial charge in [0.15, 0.2) is 0 Å². The molecule has 2 heterocycles. The lowest BCUT2D eigenvalue weighted by molar-refractivity contribution is 0.755. The largest absolute Gasteiger partial charge is 0.251 e. The standard InChI is InChI=1S/C23H19NS2/c1-15-10-12-16(13-11-15)23-18-14-25-20-8-4-2-6-17(20)22(18)24-19-7-3-5-9-21(19)26-23/h2-13,18,23H,14H2,1H3/t18-,23+/m0/s1. The van der Waals surface area contributed by atoms with Gasteiger partial charge >= 0.3 is 0 Å². The summed E-state index contributed by atoms with van der Waals surface area (Å²) >= 11 is 3.94. The zero-order chi connectivity index (χ0) is 17.5. The highest BCUT2D eigenvalue weighted by Crippen LogP contribution is 2.51. The molecule has 0 bridgehead atoms. The second-order valence-corrected chi connectivity index (χ2v) is 9.07. The number of aliphatic imine (C=N–C) groups is 1. The zero-order valence-corrected chi connectivity index (χ0v) is 16.2. The van der Waals surface area contributed by atoms with E-state index in [0.29, 0.717) is 11.2 Å². The molecule has 3 aromatic carbocycles. The summed E-state index contributed by atoms with van der Waals surface area (Å²) in [7, 11) is 0. The van der Waals surface area contributed by atoms with Crippen molar-refractivity contribution in [2.24, 2.45) is 10.9 Å². The molecule has 0 fully saturated rings. The molecule has 3 aromatic rings. The Bertz CT molecular complexity index is 991. The molecular weight excluding hydrogens is 354 g/mol. The van der Waals surface area contributed by atoms with E-state index < -0.39 is 0 Å². The average molecular weight is 374 g/mol. The molecule has 2 aliphatic rings. The summed E-state index contributed by atoms with van der Waals surface area (Å²) < 4.78 is 0. The van der Waals surface area contributed by atoms with Crippen molar-refractivity contribution in [3.63, 3.8) is 0 Å². The fraction of sp³-hybridized carbons (Fsp3) is 0.174. The average Bonchev–Trinajstić information content (AvgIpc) is 2.85. The Morgan fingerprint density at radius 3 is 2.42 bits per heavy atom. The van der Waals surface area contributed by atoms with Gasteiger partial charge < -0.3 is 0 Å². The van der Waals surface area contributed by atoms with E-state index in [4.69, 9.17) is 4.99 Å². The maximum Gasteiger partial charge on any atom is 0.0769 e. The van der Waals surface area contributed by atoms with Gasteiger partial charge in [0.25, 0.3) is 0 Å². The van der Waals surface area contributed by atoms with Crippen molar-refractivity contribution in [3.05, 3.63) is 89.5 Å². The lowest BCUT2D eigenvalue weighted by Crippen LogP contribution is -2.27. The van der Waals surface area contributed by atoms with E-state index in [1.54, 1.807) is 0 Å². The summed E-state index contributed by atoms with van der Waals surface area (Å²) in [5.74, 6) is 1.49. The molecule has 0 amide bonds. The number of hydrogen-bond donors (Lipinski definition) is 0. The molecule has 0 aromatic heterocycles. The van der Waals surface area contributed by atoms with Gasteiger partial charge in [-0.15, -0.1) is 23.5 Å².